The summed E-state index contributed by atoms with van der Waals surface area (Å²) in [6.45, 7) is 3.98. The summed E-state index contributed by atoms with van der Waals surface area (Å²) >= 11 is 1.24. The van der Waals surface area contributed by atoms with Crippen LogP contribution in [-0.2, 0) is 11.2 Å². The third kappa shape index (κ3) is 5.56. The normalized spacial score (nSPS) is 11.9. The first-order valence-electron chi connectivity index (χ1n) is 7.66. The molecular weight excluding hydrogens is 310 g/mol. The number of hydrogen-bond acceptors (Lipinski definition) is 4. The average molecular weight is 331 g/mol. The summed E-state index contributed by atoms with van der Waals surface area (Å²) in [4.78, 5) is 30.7. The standard InChI is InChI=1S/C17H21N3O2S/c1-3-7-14-10-15(21)20-17(19-14)23-11-16(22)18-12(2)13-8-5-4-6-9-13/h4-6,8-10,12H,3,7,11H2,1-2H3,(H,18,22)(H,19,20,21)/t12-/m0/s1. The molecule has 1 heterocycles. The van der Waals surface area contributed by atoms with Gasteiger partial charge in [0.1, 0.15) is 0 Å². The molecule has 1 atom stereocenters. The van der Waals surface area contributed by atoms with Crippen molar-refractivity contribution >= 4 is 17.7 Å². The van der Waals surface area contributed by atoms with E-state index in [9.17, 15) is 9.59 Å². The molecule has 0 aliphatic rings. The topological polar surface area (TPSA) is 74.8 Å². The summed E-state index contributed by atoms with van der Waals surface area (Å²) in [6, 6.07) is 11.2. The van der Waals surface area contributed by atoms with E-state index in [-0.39, 0.29) is 23.3 Å². The van der Waals surface area contributed by atoms with E-state index in [2.05, 4.69) is 15.3 Å². The van der Waals surface area contributed by atoms with Crippen molar-refractivity contribution in [3.8, 4) is 0 Å². The van der Waals surface area contributed by atoms with Crippen LogP contribution < -0.4 is 10.9 Å². The van der Waals surface area contributed by atoms with E-state index in [0.29, 0.717) is 5.16 Å². The van der Waals surface area contributed by atoms with E-state index in [1.165, 1.54) is 17.8 Å². The Kier molecular flexibility index (Phi) is 6.40. The SMILES string of the molecule is CCCc1cc(=O)[nH]c(SCC(=O)N[C@@H](C)c2ccccc2)n1. The van der Waals surface area contributed by atoms with Crippen molar-refractivity contribution in [1.82, 2.24) is 15.3 Å². The quantitative estimate of drug-likeness (QED) is 0.604. The van der Waals surface area contributed by atoms with Crippen LogP contribution in [0.1, 0.15) is 37.6 Å². The third-order valence-electron chi connectivity index (χ3n) is 3.30. The molecule has 0 saturated carbocycles. The van der Waals surface area contributed by atoms with Crippen LogP contribution in [0.2, 0.25) is 0 Å². The van der Waals surface area contributed by atoms with Gasteiger partial charge in [0.15, 0.2) is 5.16 Å². The van der Waals surface area contributed by atoms with Gasteiger partial charge in [-0.1, -0.05) is 55.4 Å². The zero-order valence-corrected chi connectivity index (χ0v) is 14.2. The third-order valence-corrected chi connectivity index (χ3v) is 4.17. The van der Waals surface area contributed by atoms with Crippen LogP contribution in [0.3, 0.4) is 0 Å². The second-order valence-electron chi connectivity index (χ2n) is 5.28. The minimum absolute atomic E-state index is 0.0530. The summed E-state index contributed by atoms with van der Waals surface area (Å²) in [5, 5.41) is 3.43. The maximum atomic E-state index is 12.0. The van der Waals surface area contributed by atoms with Crippen LogP contribution in [0.4, 0.5) is 0 Å². The molecule has 0 aliphatic heterocycles. The van der Waals surface area contributed by atoms with Crippen LogP contribution in [0.15, 0.2) is 46.3 Å². The molecule has 0 aliphatic carbocycles. The number of H-pyrrole nitrogens is 1. The van der Waals surface area contributed by atoms with Crippen molar-refractivity contribution in [2.45, 2.75) is 37.9 Å². The maximum absolute atomic E-state index is 12.0. The van der Waals surface area contributed by atoms with E-state index in [4.69, 9.17) is 0 Å². The van der Waals surface area contributed by atoms with Crippen molar-refractivity contribution in [2.75, 3.05) is 5.75 Å². The number of hydrogen-bond donors (Lipinski definition) is 2. The van der Waals surface area contributed by atoms with Gasteiger partial charge in [-0.2, -0.15) is 0 Å². The first-order chi connectivity index (χ1) is 11.1. The highest BCUT2D eigenvalue weighted by Gasteiger charge is 2.10. The highest BCUT2D eigenvalue weighted by molar-refractivity contribution is 7.99. The number of aromatic nitrogens is 2. The van der Waals surface area contributed by atoms with E-state index in [1.807, 2.05) is 44.2 Å². The molecule has 0 radical (unpaired) electrons. The summed E-state index contributed by atoms with van der Waals surface area (Å²) in [5.41, 5.74) is 1.64. The number of aromatic amines is 1. The number of nitrogens with one attached hydrogen (secondary N) is 2. The first-order valence-corrected chi connectivity index (χ1v) is 8.64. The number of thioether (sulfide) groups is 1. The van der Waals surface area contributed by atoms with Crippen molar-refractivity contribution in [2.24, 2.45) is 0 Å². The van der Waals surface area contributed by atoms with Gasteiger partial charge in [-0.15, -0.1) is 0 Å². The van der Waals surface area contributed by atoms with Gasteiger partial charge in [0, 0.05) is 11.8 Å². The monoisotopic (exact) mass is 331 g/mol. The lowest BCUT2D eigenvalue weighted by molar-refractivity contribution is -0.119. The number of aryl methyl sites for hydroxylation is 1. The Morgan fingerprint density at radius 3 is 2.78 bits per heavy atom. The Morgan fingerprint density at radius 2 is 2.09 bits per heavy atom. The Morgan fingerprint density at radius 1 is 1.35 bits per heavy atom. The summed E-state index contributed by atoms with van der Waals surface area (Å²) in [7, 11) is 0. The van der Waals surface area contributed by atoms with Crippen LogP contribution in [0, 0.1) is 0 Å². The number of benzene rings is 1. The zero-order chi connectivity index (χ0) is 16.7. The highest BCUT2D eigenvalue weighted by Crippen LogP contribution is 2.14. The molecule has 0 fully saturated rings. The van der Waals surface area contributed by atoms with Gasteiger partial charge in [-0.3, -0.25) is 9.59 Å². The van der Waals surface area contributed by atoms with Crippen molar-refractivity contribution in [3.05, 3.63) is 58.0 Å². The van der Waals surface area contributed by atoms with Crippen molar-refractivity contribution < 1.29 is 4.79 Å². The summed E-state index contributed by atoms with van der Waals surface area (Å²) < 4.78 is 0. The van der Waals surface area contributed by atoms with E-state index in [0.717, 1.165) is 24.1 Å². The second kappa shape index (κ2) is 8.53. The van der Waals surface area contributed by atoms with E-state index in [1.54, 1.807) is 0 Å². The minimum atomic E-state index is -0.177. The zero-order valence-electron chi connectivity index (χ0n) is 13.3. The summed E-state index contributed by atoms with van der Waals surface area (Å²) in [6.07, 6.45) is 1.68. The molecule has 23 heavy (non-hydrogen) atoms. The molecule has 2 aromatic rings. The van der Waals surface area contributed by atoms with Crippen LogP contribution >= 0.6 is 11.8 Å². The molecule has 1 aromatic heterocycles. The Bertz CT molecular complexity index is 700. The van der Waals surface area contributed by atoms with Gasteiger partial charge < -0.3 is 10.3 Å². The van der Waals surface area contributed by atoms with Crippen LogP contribution in [-0.4, -0.2) is 21.6 Å². The summed E-state index contributed by atoms with van der Waals surface area (Å²) in [5.74, 6) is 0.130. The van der Waals surface area contributed by atoms with Crippen LogP contribution in [0.25, 0.3) is 0 Å². The molecule has 5 nitrogen and oxygen atoms in total. The molecule has 0 bridgehead atoms. The highest BCUT2D eigenvalue weighted by atomic mass is 32.2. The molecule has 6 heteroatoms. The van der Waals surface area contributed by atoms with Gasteiger partial charge in [0.2, 0.25) is 5.91 Å². The van der Waals surface area contributed by atoms with E-state index < -0.39 is 0 Å². The van der Waals surface area contributed by atoms with Gasteiger partial charge >= 0.3 is 0 Å². The van der Waals surface area contributed by atoms with Crippen LogP contribution in [0.5, 0.6) is 0 Å². The molecule has 122 valence electrons. The van der Waals surface area contributed by atoms with Gasteiger partial charge in [-0.25, -0.2) is 4.98 Å². The number of carbonyl (C=O) groups excluding carboxylic acids is 1. The lowest BCUT2D eigenvalue weighted by Gasteiger charge is -2.14. The Hall–Kier alpha value is -2.08. The maximum Gasteiger partial charge on any atom is 0.251 e. The number of amides is 1. The van der Waals surface area contributed by atoms with Crippen molar-refractivity contribution in [3.63, 3.8) is 0 Å². The molecule has 0 unspecified atom stereocenters. The predicted octanol–water partition coefficient (Wildman–Crippen LogP) is 2.69. The van der Waals surface area contributed by atoms with Gasteiger partial charge in [0.25, 0.3) is 5.56 Å². The molecular formula is C17H21N3O2S. The fourth-order valence-electron chi connectivity index (χ4n) is 2.18. The lowest BCUT2D eigenvalue weighted by Crippen LogP contribution is -2.28. The molecule has 1 aromatic carbocycles. The Balaban J connectivity index is 1.90. The van der Waals surface area contributed by atoms with Crippen molar-refractivity contribution in [1.29, 1.82) is 0 Å². The lowest BCUT2D eigenvalue weighted by atomic mass is 10.1. The predicted molar refractivity (Wildman–Crippen MR) is 92.6 cm³/mol. The number of nitrogens with zero attached hydrogens (tertiary/aromatic N) is 1. The fourth-order valence-corrected chi connectivity index (χ4v) is 2.88. The molecule has 2 N–H and O–H groups in total. The number of carbonyl (C=O) groups is 1. The first kappa shape index (κ1) is 17.3. The Labute approximate surface area is 139 Å². The van der Waals surface area contributed by atoms with Gasteiger partial charge in [0.05, 0.1) is 11.8 Å². The molecule has 0 spiro atoms. The molecule has 0 saturated heterocycles. The smallest absolute Gasteiger partial charge is 0.251 e. The molecule has 2 rings (SSSR count). The largest absolute Gasteiger partial charge is 0.349 e. The average Bonchev–Trinajstić information content (AvgIpc) is 2.53. The fraction of sp³-hybridized carbons (Fsp3) is 0.353. The van der Waals surface area contributed by atoms with E-state index >= 15 is 0 Å². The minimum Gasteiger partial charge on any atom is -0.349 e. The molecule has 1 amide bonds. The van der Waals surface area contributed by atoms with Gasteiger partial charge in [-0.05, 0) is 18.9 Å². The second-order valence-corrected chi connectivity index (χ2v) is 6.24. The number of rotatable bonds is 7.